The third kappa shape index (κ3) is 3.16. The number of nitrogens with two attached hydrogens (primary N) is 1. The van der Waals surface area contributed by atoms with Crippen LogP contribution in [0.2, 0.25) is 0 Å². The van der Waals surface area contributed by atoms with E-state index >= 15 is 0 Å². The van der Waals surface area contributed by atoms with E-state index in [1.807, 2.05) is 6.92 Å². The van der Waals surface area contributed by atoms with Gasteiger partial charge in [0, 0.05) is 18.3 Å². The van der Waals surface area contributed by atoms with Crippen LogP contribution < -0.4 is 11.1 Å². The number of amides is 1. The van der Waals surface area contributed by atoms with Gasteiger partial charge in [0.05, 0.1) is 5.01 Å². The lowest BCUT2D eigenvalue weighted by molar-refractivity contribution is 0.0946. The van der Waals surface area contributed by atoms with Gasteiger partial charge in [0.25, 0.3) is 5.91 Å². The second-order valence-corrected chi connectivity index (χ2v) is 5.61. The van der Waals surface area contributed by atoms with Crippen molar-refractivity contribution in [2.75, 3.05) is 6.54 Å². The first-order chi connectivity index (χ1) is 8.70. The molecule has 0 spiro atoms. The van der Waals surface area contributed by atoms with Crippen LogP contribution in [0.4, 0.5) is 0 Å². The Morgan fingerprint density at radius 1 is 1.44 bits per heavy atom. The molecule has 0 bridgehead atoms. The van der Waals surface area contributed by atoms with E-state index in [1.165, 1.54) is 16.9 Å². The number of thiophene rings is 1. The third-order valence-electron chi connectivity index (χ3n) is 2.54. The van der Waals surface area contributed by atoms with Crippen LogP contribution in [0.1, 0.15) is 26.6 Å². The van der Waals surface area contributed by atoms with Crippen molar-refractivity contribution >= 4 is 28.6 Å². The lowest BCUT2D eigenvalue weighted by Gasteiger charge is -2.02. The lowest BCUT2D eigenvalue weighted by Crippen LogP contribution is -2.23. The molecule has 3 N–H and O–H groups in total. The Morgan fingerprint density at radius 2 is 2.28 bits per heavy atom. The molecule has 2 aromatic rings. The monoisotopic (exact) mass is 281 g/mol. The topological polar surface area (TPSA) is 68.0 Å². The van der Waals surface area contributed by atoms with E-state index in [0.717, 1.165) is 17.0 Å². The number of nitrogens with one attached hydrogen (secondary N) is 1. The molecule has 0 radical (unpaired) electrons. The molecule has 2 rings (SSSR count). The Balaban J connectivity index is 1.93. The first-order valence-electron chi connectivity index (χ1n) is 5.65. The average Bonchev–Trinajstić information content (AvgIpc) is 2.96. The van der Waals surface area contributed by atoms with Gasteiger partial charge in [-0.3, -0.25) is 4.79 Å². The highest BCUT2D eigenvalue weighted by atomic mass is 32.1. The van der Waals surface area contributed by atoms with E-state index < -0.39 is 0 Å². The van der Waals surface area contributed by atoms with E-state index in [4.69, 9.17) is 5.73 Å². The lowest BCUT2D eigenvalue weighted by atomic mass is 10.2. The number of carbonyl (C=O) groups is 1. The van der Waals surface area contributed by atoms with Gasteiger partial charge in [0.1, 0.15) is 5.69 Å². The van der Waals surface area contributed by atoms with Gasteiger partial charge in [-0.15, -0.1) is 11.3 Å². The van der Waals surface area contributed by atoms with Crippen LogP contribution in [-0.4, -0.2) is 17.4 Å². The minimum atomic E-state index is -0.125. The molecule has 2 heterocycles. The molecule has 0 unspecified atom stereocenters. The fraction of sp³-hybridized carbons (Fsp3) is 0.333. The normalized spacial score (nSPS) is 10.6. The minimum absolute atomic E-state index is 0.125. The van der Waals surface area contributed by atoms with Gasteiger partial charge in [0.15, 0.2) is 0 Å². The molecular formula is C12H15N3OS2. The van der Waals surface area contributed by atoms with Gasteiger partial charge < -0.3 is 11.1 Å². The van der Waals surface area contributed by atoms with Crippen LogP contribution in [0.5, 0.6) is 0 Å². The predicted molar refractivity (Wildman–Crippen MR) is 75.1 cm³/mol. The standard InChI is InChI=1S/C12H15N3OS2/c1-8-5-17-6-9(8)4-14-12(16)10-7-18-11(15-10)2-3-13/h5-7H,2-4,13H2,1H3,(H,14,16). The number of rotatable bonds is 5. The summed E-state index contributed by atoms with van der Waals surface area (Å²) < 4.78 is 0. The molecule has 6 heteroatoms. The molecule has 0 aliphatic rings. The maximum Gasteiger partial charge on any atom is 0.271 e. The zero-order valence-electron chi connectivity index (χ0n) is 10.1. The van der Waals surface area contributed by atoms with Crippen molar-refractivity contribution in [1.29, 1.82) is 0 Å². The summed E-state index contributed by atoms with van der Waals surface area (Å²) in [6.07, 6.45) is 0.724. The average molecular weight is 281 g/mol. The number of aryl methyl sites for hydroxylation is 1. The number of nitrogens with zero attached hydrogens (tertiary/aromatic N) is 1. The highest BCUT2D eigenvalue weighted by Gasteiger charge is 2.10. The summed E-state index contributed by atoms with van der Waals surface area (Å²) in [4.78, 5) is 16.1. The Labute approximate surface area is 114 Å². The molecule has 0 aliphatic carbocycles. The van der Waals surface area contributed by atoms with E-state index in [9.17, 15) is 4.79 Å². The van der Waals surface area contributed by atoms with E-state index in [2.05, 4.69) is 21.1 Å². The van der Waals surface area contributed by atoms with Crippen LogP contribution in [0.15, 0.2) is 16.1 Å². The second kappa shape index (κ2) is 6.08. The summed E-state index contributed by atoms with van der Waals surface area (Å²) in [7, 11) is 0. The van der Waals surface area contributed by atoms with Crippen LogP contribution in [0.3, 0.4) is 0 Å². The number of thiazole rings is 1. The predicted octanol–water partition coefficient (Wildman–Crippen LogP) is 1.94. The molecule has 0 aromatic carbocycles. The SMILES string of the molecule is Cc1cscc1CNC(=O)c1csc(CCN)n1. The summed E-state index contributed by atoms with van der Waals surface area (Å²) in [6, 6.07) is 0. The maximum absolute atomic E-state index is 11.9. The first-order valence-corrected chi connectivity index (χ1v) is 7.47. The third-order valence-corrected chi connectivity index (χ3v) is 4.36. The quantitative estimate of drug-likeness (QED) is 0.880. The minimum Gasteiger partial charge on any atom is -0.347 e. The molecule has 4 nitrogen and oxygen atoms in total. The fourth-order valence-corrected chi connectivity index (χ4v) is 3.14. The molecule has 0 atom stereocenters. The van der Waals surface area contributed by atoms with Crippen molar-refractivity contribution in [3.63, 3.8) is 0 Å². The maximum atomic E-state index is 11.9. The molecule has 2 aromatic heterocycles. The summed E-state index contributed by atoms with van der Waals surface area (Å²) in [6.45, 7) is 3.15. The van der Waals surface area contributed by atoms with E-state index in [-0.39, 0.29) is 5.91 Å². The summed E-state index contributed by atoms with van der Waals surface area (Å²) in [5.74, 6) is -0.125. The van der Waals surface area contributed by atoms with Crippen molar-refractivity contribution in [2.24, 2.45) is 5.73 Å². The van der Waals surface area contributed by atoms with Gasteiger partial charge >= 0.3 is 0 Å². The molecule has 0 saturated carbocycles. The molecule has 0 fully saturated rings. The van der Waals surface area contributed by atoms with Crippen molar-refractivity contribution in [3.05, 3.63) is 38.0 Å². The summed E-state index contributed by atoms with van der Waals surface area (Å²) in [5.41, 5.74) is 8.30. The van der Waals surface area contributed by atoms with Gasteiger partial charge in [-0.25, -0.2) is 4.98 Å². The summed E-state index contributed by atoms with van der Waals surface area (Å²) >= 11 is 3.12. The van der Waals surface area contributed by atoms with Crippen molar-refractivity contribution in [3.8, 4) is 0 Å². The zero-order chi connectivity index (χ0) is 13.0. The fourth-order valence-electron chi connectivity index (χ4n) is 1.49. The molecule has 18 heavy (non-hydrogen) atoms. The Kier molecular flexibility index (Phi) is 4.46. The van der Waals surface area contributed by atoms with E-state index in [1.54, 1.807) is 16.7 Å². The highest BCUT2D eigenvalue weighted by Crippen LogP contribution is 2.14. The van der Waals surface area contributed by atoms with Crippen LogP contribution in [-0.2, 0) is 13.0 Å². The Bertz CT molecular complexity index is 533. The first kappa shape index (κ1) is 13.2. The van der Waals surface area contributed by atoms with E-state index in [0.29, 0.717) is 18.8 Å². The Hall–Kier alpha value is -1.24. The van der Waals surface area contributed by atoms with Gasteiger partial charge in [0.2, 0.25) is 0 Å². The summed E-state index contributed by atoms with van der Waals surface area (Å²) in [5, 5.41) is 9.69. The zero-order valence-corrected chi connectivity index (χ0v) is 11.7. The van der Waals surface area contributed by atoms with Crippen LogP contribution in [0, 0.1) is 6.92 Å². The van der Waals surface area contributed by atoms with Gasteiger partial charge in [-0.2, -0.15) is 11.3 Å². The van der Waals surface area contributed by atoms with Gasteiger partial charge in [-0.05, 0) is 35.4 Å². The number of hydrogen-bond acceptors (Lipinski definition) is 5. The van der Waals surface area contributed by atoms with Gasteiger partial charge in [-0.1, -0.05) is 0 Å². The molecule has 1 amide bonds. The molecule has 0 aliphatic heterocycles. The van der Waals surface area contributed by atoms with Crippen molar-refractivity contribution < 1.29 is 4.79 Å². The van der Waals surface area contributed by atoms with Crippen LogP contribution in [0.25, 0.3) is 0 Å². The molecule has 96 valence electrons. The molecular weight excluding hydrogens is 266 g/mol. The Morgan fingerprint density at radius 3 is 2.94 bits per heavy atom. The number of carbonyl (C=O) groups excluding carboxylic acids is 1. The second-order valence-electron chi connectivity index (χ2n) is 3.93. The number of aromatic nitrogens is 1. The highest BCUT2D eigenvalue weighted by molar-refractivity contribution is 7.09. The molecule has 0 saturated heterocycles. The number of hydrogen-bond donors (Lipinski definition) is 2. The van der Waals surface area contributed by atoms with Crippen molar-refractivity contribution in [2.45, 2.75) is 19.9 Å². The van der Waals surface area contributed by atoms with Crippen LogP contribution >= 0.6 is 22.7 Å². The smallest absolute Gasteiger partial charge is 0.271 e. The van der Waals surface area contributed by atoms with Crippen molar-refractivity contribution in [1.82, 2.24) is 10.3 Å². The largest absolute Gasteiger partial charge is 0.347 e.